The second-order valence-electron chi connectivity index (χ2n) is 11.4. The molecule has 0 aliphatic heterocycles. The number of hydrogen-bond acceptors (Lipinski definition) is 5. The number of hydrogen-bond donors (Lipinski definition) is 1. The van der Waals surface area contributed by atoms with Crippen molar-refractivity contribution in [2.45, 2.75) is 57.0 Å². The number of nitrogens with zero attached hydrogens (tertiary/aromatic N) is 2. The Labute approximate surface area is 273 Å². The van der Waals surface area contributed by atoms with Crippen LogP contribution in [-0.2, 0) is 32.6 Å². The van der Waals surface area contributed by atoms with Crippen molar-refractivity contribution >= 4 is 27.5 Å². The average Bonchev–Trinajstić information content (AvgIpc) is 3.08. The van der Waals surface area contributed by atoms with E-state index < -0.39 is 28.5 Å². The van der Waals surface area contributed by atoms with E-state index in [0.717, 1.165) is 27.4 Å². The summed E-state index contributed by atoms with van der Waals surface area (Å²) in [6.07, 6.45) is 0.976. The first-order valence-electron chi connectivity index (χ1n) is 15.6. The Hall–Kier alpha value is -4.63. The average molecular weight is 642 g/mol. The predicted octanol–water partition coefficient (Wildman–Crippen LogP) is 6.18. The molecule has 2 amide bonds. The maximum atomic E-state index is 14.6. The second kappa shape index (κ2) is 16.1. The molecule has 4 aromatic rings. The summed E-state index contributed by atoms with van der Waals surface area (Å²) < 4.78 is 34.9. The number of anilines is 1. The van der Waals surface area contributed by atoms with Crippen LogP contribution < -0.4 is 14.4 Å². The van der Waals surface area contributed by atoms with E-state index in [1.165, 1.54) is 17.0 Å². The van der Waals surface area contributed by atoms with Crippen molar-refractivity contribution in [1.29, 1.82) is 0 Å². The molecule has 0 aliphatic rings. The lowest BCUT2D eigenvalue weighted by Gasteiger charge is -2.34. The van der Waals surface area contributed by atoms with Crippen molar-refractivity contribution < 1.29 is 22.7 Å². The van der Waals surface area contributed by atoms with Crippen LogP contribution in [0.4, 0.5) is 5.69 Å². The van der Waals surface area contributed by atoms with E-state index >= 15 is 0 Å². The number of methoxy groups -OCH3 is 1. The minimum absolute atomic E-state index is 0.0663. The fourth-order valence-electron chi connectivity index (χ4n) is 5.16. The van der Waals surface area contributed by atoms with Gasteiger partial charge in [0, 0.05) is 19.5 Å². The molecule has 0 spiro atoms. The van der Waals surface area contributed by atoms with E-state index in [9.17, 15) is 18.0 Å². The van der Waals surface area contributed by atoms with Gasteiger partial charge in [0.1, 0.15) is 18.3 Å². The molecule has 1 N–H and O–H groups in total. The third kappa shape index (κ3) is 8.75. The van der Waals surface area contributed by atoms with Crippen molar-refractivity contribution in [3.8, 4) is 5.75 Å². The molecule has 0 radical (unpaired) electrons. The molecular formula is C37H43N3O5S. The van der Waals surface area contributed by atoms with Crippen LogP contribution in [0.3, 0.4) is 0 Å². The second-order valence-corrected chi connectivity index (χ2v) is 13.3. The van der Waals surface area contributed by atoms with E-state index in [2.05, 4.69) is 19.2 Å². The summed E-state index contributed by atoms with van der Waals surface area (Å²) in [5, 5.41) is 2.96. The van der Waals surface area contributed by atoms with Crippen LogP contribution in [0.2, 0.25) is 0 Å². The van der Waals surface area contributed by atoms with Gasteiger partial charge in [-0.05, 0) is 65.4 Å². The lowest BCUT2D eigenvalue weighted by molar-refractivity contribution is -0.140. The van der Waals surface area contributed by atoms with Gasteiger partial charge in [0.15, 0.2) is 0 Å². The summed E-state index contributed by atoms with van der Waals surface area (Å²) in [5.41, 5.74) is 3.02. The lowest BCUT2D eigenvalue weighted by Crippen LogP contribution is -2.53. The number of carbonyl (C=O) groups excluding carboxylic acids is 2. The first-order valence-corrected chi connectivity index (χ1v) is 17.0. The topological polar surface area (TPSA) is 96.0 Å². The van der Waals surface area contributed by atoms with Crippen LogP contribution in [0.5, 0.6) is 5.75 Å². The molecule has 242 valence electrons. The first-order chi connectivity index (χ1) is 22.1. The Bertz CT molecular complexity index is 1680. The highest BCUT2D eigenvalue weighted by Gasteiger charge is 2.34. The van der Waals surface area contributed by atoms with Crippen molar-refractivity contribution in [3.05, 3.63) is 126 Å². The number of benzene rings is 4. The molecule has 1 atom stereocenters. The number of sulfonamides is 1. The lowest BCUT2D eigenvalue weighted by atomic mass is 10.0. The van der Waals surface area contributed by atoms with E-state index in [4.69, 9.17) is 4.74 Å². The molecule has 0 saturated heterocycles. The van der Waals surface area contributed by atoms with E-state index in [-0.39, 0.29) is 29.7 Å². The summed E-state index contributed by atoms with van der Waals surface area (Å²) in [6, 6.07) is 31.2. The third-order valence-electron chi connectivity index (χ3n) is 7.77. The molecule has 0 aliphatic carbocycles. The van der Waals surface area contributed by atoms with E-state index in [1.54, 1.807) is 43.5 Å². The van der Waals surface area contributed by atoms with Gasteiger partial charge in [-0.1, -0.05) is 93.6 Å². The monoisotopic (exact) mass is 641 g/mol. The van der Waals surface area contributed by atoms with Crippen molar-refractivity contribution in [3.63, 3.8) is 0 Å². The highest BCUT2D eigenvalue weighted by atomic mass is 32.2. The Balaban J connectivity index is 1.80. The van der Waals surface area contributed by atoms with Crippen molar-refractivity contribution in [2.75, 3.05) is 24.5 Å². The molecular weight excluding hydrogens is 598 g/mol. The Morgan fingerprint density at radius 3 is 2.07 bits per heavy atom. The van der Waals surface area contributed by atoms with Crippen LogP contribution in [0.15, 0.2) is 114 Å². The van der Waals surface area contributed by atoms with Crippen LogP contribution in [-0.4, -0.2) is 51.4 Å². The SMILES string of the molecule is CCCNC(=O)C(Cc1ccccc1)N(Cc1cccc(OC)c1)C(=O)CN(c1ccc(C(C)C)cc1)S(=O)(=O)c1ccccc1. The van der Waals surface area contributed by atoms with Crippen LogP contribution in [0.25, 0.3) is 0 Å². The largest absolute Gasteiger partial charge is 0.497 e. The van der Waals surface area contributed by atoms with Gasteiger partial charge >= 0.3 is 0 Å². The zero-order valence-electron chi connectivity index (χ0n) is 26.9. The van der Waals surface area contributed by atoms with E-state index in [0.29, 0.717) is 18.0 Å². The van der Waals surface area contributed by atoms with Crippen LogP contribution in [0.1, 0.15) is 49.8 Å². The standard InChI is InChI=1S/C37H43N3O5S/c1-5-23-38-37(42)35(25-29-13-8-6-9-14-29)39(26-30-15-12-16-33(24-30)45-4)36(41)27-40(32-21-19-31(20-22-32)28(2)3)46(43,44)34-17-10-7-11-18-34/h6-22,24,28,35H,5,23,25-27H2,1-4H3,(H,38,42). The number of carbonyl (C=O) groups is 2. The van der Waals surface area contributed by atoms with Crippen molar-refractivity contribution in [2.24, 2.45) is 0 Å². The van der Waals surface area contributed by atoms with E-state index in [1.807, 2.05) is 67.6 Å². The molecule has 0 bridgehead atoms. The third-order valence-corrected chi connectivity index (χ3v) is 9.55. The maximum Gasteiger partial charge on any atom is 0.264 e. The molecule has 0 heterocycles. The molecule has 8 nitrogen and oxygen atoms in total. The van der Waals surface area contributed by atoms with Gasteiger partial charge < -0.3 is 15.0 Å². The van der Waals surface area contributed by atoms with Gasteiger partial charge in [-0.3, -0.25) is 13.9 Å². The molecule has 4 aromatic carbocycles. The number of nitrogens with one attached hydrogen (secondary N) is 1. The smallest absolute Gasteiger partial charge is 0.264 e. The zero-order chi connectivity index (χ0) is 33.1. The van der Waals surface area contributed by atoms with Gasteiger partial charge in [0.25, 0.3) is 10.0 Å². The minimum atomic E-state index is -4.15. The summed E-state index contributed by atoms with van der Waals surface area (Å²) in [6.45, 7) is 6.09. The molecule has 0 fully saturated rings. The van der Waals surface area contributed by atoms with Gasteiger partial charge in [-0.25, -0.2) is 8.42 Å². The summed E-state index contributed by atoms with van der Waals surface area (Å²) in [4.78, 5) is 29.9. The molecule has 46 heavy (non-hydrogen) atoms. The molecule has 4 rings (SSSR count). The Morgan fingerprint density at radius 2 is 1.46 bits per heavy atom. The zero-order valence-corrected chi connectivity index (χ0v) is 27.7. The number of ether oxygens (including phenoxy) is 1. The minimum Gasteiger partial charge on any atom is -0.497 e. The fourth-order valence-corrected chi connectivity index (χ4v) is 6.60. The van der Waals surface area contributed by atoms with Gasteiger partial charge in [0.05, 0.1) is 17.7 Å². The predicted molar refractivity (Wildman–Crippen MR) is 182 cm³/mol. The van der Waals surface area contributed by atoms with Crippen molar-refractivity contribution in [1.82, 2.24) is 10.2 Å². The maximum absolute atomic E-state index is 14.6. The van der Waals surface area contributed by atoms with Gasteiger partial charge in [-0.15, -0.1) is 0 Å². The number of amides is 2. The summed E-state index contributed by atoms with van der Waals surface area (Å²) in [5.74, 6) is 0.0376. The summed E-state index contributed by atoms with van der Waals surface area (Å²) >= 11 is 0. The molecule has 0 aromatic heterocycles. The van der Waals surface area contributed by atoms with Gasteiger partial charge in [-0.2, -0.15) is 0 Å². The van der Waals surface area contributed by atoms with Crippen LogP contribution in [0, 0.1) is 0 Å². The molecule has 0 saturated carbocycles. The number of rotatable bonds is 15. The molecule has 9 heteroatoms. The normalized spacial score (nSPS) is 11.9. The molecule has 1 unspecified atom stereocenters. The summed E-state index contributed by atoms with van der Waals surface area (Å²) in [7, 11) is -2.59. The Morgan fingerprint density at radius 1 is 0.826 bits per heavy atom. The Kier molecular flexibility index (Phi) is 12.0. The highest BCUT2D eigenvalue weighted by molar-refractivity contribution is 7.92. The highest BCUT2D eigenvalue weighted by Crippen LogP contribution is 2.27. The fraction of sp³-hybridized carbons (Fsp3) is 0.297. The van der Waals surface area contributed by atoms with Gasteiger partial charge in [0.2, 0.25) is 11.8 Å². The quantitative estimate of drug-likeness (QED) is 0.167. The first kappa shape index (κ1) is 34.2. The van der Waals surface area contributed by atoms with Crippen LogP contribution >= 0.6 is 0 Å².